The Bertz CT molecular complexity index is 962. The number of unbranched alkanes of at least 4 members (excludes halogenated alkanes) is 2. The molecule has 0 aromatic heterocycles. The van der Waals surface area contributed by atoms with Crippen molar-refractivity contribution in [3.05, 3.63) is 77.9 Å². The molecule has 3 rings (SSSR count). The Morgan fingerprint density at radius 1 is 0.862 bits per heavy atom. The first-order chi connectivity index (χ1) is 14.2. The molecule has 0 aliphatic rings. The summed E-state index contributed by atoms with van der Waals surface area (Å²) in [5.41, 5.74) is 6.33. The molecule has 0 unspecified atom stereocenters. The monoisotopic (exact) mass is 390 g/mol. The van der Waals surface area contributed by atoms with E-state index in [9.17, 15) is 9.59 Å². The molecule has 0 fully saturated rings. The predicted molar refractivity (Wildman–Crippen MR) is 115 cm³/mol. The maximum atomic E-state index is 12.3. The summed E-state index contributed by atoms with van der Waals surface area (Å²) in [5, 5.41) is 2.12. The van der Waals surface area contributed by atoms with Gasteiger partial charge in [0, 0.05) is 5.56 Å². The summed E-state index contributed by atoms with van der Waals surface area (Å²) in [6.45, 7) is 2.82. The van der Waals surface area contributed by atoms with E-state index in [1.54, 1.807) is 24.3 Å². The topological polar surface area (TPSA) is 67.4 Å². The van der Waals surface area contributed by atoms with Crippen LogP contribution >= 0.6 is 0 Å². The van der Waals surface area contributed by atoms with Gasteiger partial charge in [-0.2, -0.15) is 0 Å². The van der Waals surface area contributed by atoms with Crippen LogP contribution in [0.25, 0.3) is 10.8 Å². The molecule has 0 aliphatic carbocycles. The summed E-state index contributed by atoms with van der Waals surface area (Å²) in [5.74, 6) is 0.0945. The number of rotatable bonds is 8. The van der Waals surface area contributed by atoms with E-state index < -0.39 is 0 Å². The third-order valence-corrected chi connectivity index (χ3v) is 4.68. The lowest BCUT2D eigenvalue weighted by atomic mass is 10.0. The molecular weight excluding hydrogens is 364 g/mol. The van der Waals surface area contributed by atoms with Gasteiger partial charge in [0.1, 0.15) is 5.75 Å². The summed E-state index contributed by atoms with van der Waals surface area (Å²) >= 11 is 0. The number of carbonyl (C=O) groups excluding carboxylic acids is 2. The van der Waals surface area contributed by atoms with Crippen molar-refractivity contribution < 1.29 is 14.3 Å². The fraction of sp³-hybridized carbons (Fsp3) is 0.250. The fourth-order valence-electron chi connectivity index (χ4n) is 3.11. The van der Waals surface area contributed by atoms with Crippen LogP contribution < -0.4 is 15.6 Å². The Balaban J connectivity index is 1.50. The van der Waals surface area contributed by atoms with Gasteiger partial charge in [0.05, 0.1) is 13.0 Å². The first-order valence-electron chi connectivity index (χ1n) is 9.96. The number of hydrogen-bond donors (Lipinski definition) is 2. The van der Waals surface area contributed by atoms with Gasteiger partial charge in [0.25, 0.3) is 5.91 Å². The van der Waals surface area contributed by atoms with Crippen LogP contribution in [-0.4, -0.2) is 18.4 Å². The maximum absolute atomic E-state index is 12.3. The molecule has 5 nitrogen and oxygen atoms in total. The molecule has 3 aromatic carbocycles. The zero-order valence-electron chi connectivity index (χ0n) is 16.6. The van der Waals surface area contributed by atoms with E-state index in [0.717, 1.165) is 41.3 Å². The highest BCUT2D eigenvalue weighted by molar-refractivity contribution is 5.96. The highest BCUT2D eigenvalue weighted by atomic mass is 16.5. The number of carbonyl (C=O) groups is 2. The van der Waals surface area contributed by atoms with Gasteiger partial charge in [-0.25, -0.2) is 0 Å². The minimum Gasteiger partial charge on any atom is -0.494 e. The van der Waals surface area contributed by atoms with Crippen LogP contribution in [0.3, 0.4) is 0 Å². The van der Waals surface area contributed by atoms with Crippen LogP contribution in [0.1, 0.15) is 42.1 Å². The van der Waals surface area contributed by atoms with Crippen LogP contribution in [-0.2, 0) is 11.2 Å². The first kappa shape index (κ1) is 20.4. The molecule has 0 saturated carbocycles. The van der Waals surface area contributed by atoms with Gasteiger partial charge >= 0.3 is 0 Å². The maximum Gasteiger partial charge on any atom is 0.269 e. The summed E-state index contributed by atoms with van der Waals surface area (Å²) in [6, 6.07) is 20.7. The Labute approximate surface area is 171 Å². The third kappa shape index (κ3) is 5.82. The Morgan fingerprint density at radius 3 is 2.41 bits per heavy atom. The highest BCUT2D eigenvalue weighted by Gasteiger charge is 2.10. The molecule has 0 aliphatic heterocycles. The van der Waals surface area contributed by atoms with Crippen LogP contribution in [0.5, 0.6) is 5.75 Å². The minimum atomic E-state index is -0.367. The predicted octanol–water partition coefficient (Wildman–Crippen LogP) is 4.41. The van der Waals surface area contributed by atoms with Gasteiger partial charge in [-0.1, -0.05) is 62.2 Å². The van der Waals surface area contributed by atoms with E-state index in [4.69, 9.17) is 4.74 Å². The first-order valence-corrected chi connectivity index (χ1v) is 9.96. The van der Waals surface area contributed by atoms with Crippen LogP contribution in [0, 0.1) is 0 Å². The minimum absolute atomic E-state index is 0.187. The molecule has 2 N–H and O–H groups in total. The van der Waals surface area contributed by atoms with E-state index in [2.05, 4.69) is 17.8 Å². The largest absolute Gasteiger partial charge is 0.494 e. The molecule has 0 heterocycles. The van der Waals surface area contributed by atoms with Gasteiger partial charge in [-0.05, 0) is 47.0 Å². The van der Waals surface area contributed by atoms with Crippen molar-refractivity contribution in [1.82, 2.24) is 10.9 Å². The highest BCUT2D eigenvalue weighted by Crippen LogP contribution is 2.18. The van der Waals surface area contributed by atoms with Crippen molar-refractivity contribution in [1.29, 1.82) is 0 Å². The molecule has 29 heavy (non-hydrogen) atoms. The average molecular weight is 390 g/mol. The molecular formula is C24H26N2O3. The van der Waals surface area contributed by atoms with E-state index >= 15 is 0 Å². The number of fused-ring (bicyclic) bond motifs is 1. The molecule has 0 atom stereocenters. The van der Waals surface area contributed by atoms with Gasteiger partial charge in [0.2, 0.25) is 5.91 Å². The van der Waals surface area contributed by atoms with Crippen LogP contribution in [0.15, 0.2) is 66.7 Å². The number of benzene rings is 3. The zero-order valence-corrected chi connectivity index (χ0v) is 16.6. The van der Waals surface area contributed by atoms with Crippen LogP contribution in [0.2, 0.25) is 0 Å². The molecule has 5 heteroatoms. The lowest BCUT2D eigenvalue weighted by Gasteiger charge is -2.10. The van der Waals surface area contributed by atoms with E-state index in [0.29, 0.717) is 12.2 Å². The second-order valence-corrected chi connectivity index (χ2v) is 6.90. The summed E-state index contributed by atoms with van der Waals surface area (Å²) in [7, 11) is 0. The normalized spacial score (nSPS) is 10.5. The molecule has 2 amide bonds. The number of hydrogen-bond acceptors (Lipinski definition) is 3. The van der Waals surface area contributed by atoms with Crippen molar-refractivity contribution in [2.24, 2.45) is 0 Å². The molecule has 0 bridgehead atoms. The lowest BCUT2D eigenvalue weighted by molar-refractivity contribution is -0.121. The van der Waals surface area contributed by atoms with Gasteiger partial charge in [-0.3, -0.25) is 20.4 Å². The summed E-state index contributed by atoms with van der Waals surface area (Å²) in [6.07, 6.45) is 3.49. The average Bonchev–Trinajstić information content (AvgIpc) is 2.76. The summed E-state index contributed by atoms with van der Waals surface area (Å²) in [4.78, 5) is 24.5. The number of nitrogens with one attached hydrogen (secondary N) is 2. The fourth-order valence-corrected chi connectivity index (χ4v) is 3.11. The second-order valence-electron chi connectivity index (χ2n) is 6.90. The van der Waals surface area contributed by atoms with E-state index in [1.165, 1.54) is 0 Å². The standard InChI is InChI=1S/C24H26N2O3/c1-2-3-6-16-29-21-14-12-19(13-15-21)24(28)26-25-23(27)17-20-10-7-9-18-8-4-5-11-22(18)20/h4-5,7-15H,2-3,6,16-17H2,1H3,(H,25,27)(H,26,28). The number of hydrazine groups is 1. The Kier molecular flexibility index (Phi) is 7.22. The lowest BCUT2D eigenvalue weighted by Crippen LogP contribution is -2.42. The summed E-state index contributed by atoms with van der Waals surface area (Å²) < 4.78 is 5.64. The second kappa shape index (κ2) is 10.3. The molecule has 0 spiro atoms. The smallest absolute Gasteiger partial charge is 0.269 e. The quantitative estimate of drug-likeness (QED) is 0.442. The van der Waals surface area contributed by atoms with Gasteiger partial charge < -0.3 is 4.74 Å². The zero-order chi connectivity index (χ0) is 20.5. The molecule has 0 saturated heterocycles. The van der Waals surface area contributed by atoms with Crippen molar-refractivity contribution in [3.63, 3.8) is 0 Å². The van der Waals surface area contributed by atoms with Gasteiger partial charge in [-0.15, -0.1) is 0 Å². The van der Waals surface area contributed by atoms with Crippen molar-refractivity contribution in [2.75, 3.05) is 6.61 Å². The molecule has 0 radical (unpaired) electrons. The van der Waals surface area contributed by atoms with Crippen LogP contribution in [0.4, 0.5) is 0 Å². The Morgan fingerprint density at radius 2 is 1.62 bits per heavy atom. The van der Waals surface area contributed by atoms with Crippen molar-refractivity contribution in [2.45, 2.75) is 32.6 Å². The Hall–Kier alpha value is -3.34. The van der Waals surface area contributed by atoms with E-state index in [1.807, 2.05) is 42.5 Å². The molecule has 3 aromatic rings. The van der Waals surface area contributed by atoms with Gasteiger partial charge in [0.15, 0.2) is 0 Å². The van der Waals surface area contributed by atoms with E-state index in [-0.39, 0.29) is 18.2 Å². The van der Waals surface area contributed by atoms with Crippen molar-refractivity contribution in [3.8, 4) is 5.75 Å². The third-order valence-electron chi connectivity index (χ3n) is 4.68. The number of amides is 2. The van der Waals surface area contributed by atoms with Crippen molar-refractivity contribution >= 4 is 22.6 Å². The molecule has 150 valence electrons. The SMILES string of the molecule is CCCCCOc1ccc(C(=O)NNC(=O)Cc2cccc3ccccc23)cc1. The number of ether oxygens (including phenoxy) is 1.